The quantitative estimate of drug-likeness (QED) is 0.415. The molecule has 76 valence electrons. The molecule has 0 radical (unpaired) electrons. The van der Waals surface area contributed by atoms with Crippen molar-refractivity contribution in [2.24, 2.45) is 0 Å². The van der Waals surface area contributed by atoms with Gasteiger partial charge in [-0.05, 0) is 6.92 Å². The van der Waals surface area contributed by atoms with Gasteiger partial charge in [-0.15, -0.1) is 0 Å². The van der Waals surface area contributed by atoms with E-state index in [4.69, 9.17) is 5.11 Å². The molecule has 3 N–H and O–H groups in total. The number of rotatable bonds is 1. The second-order valence-corrected chi connectivity index (χ2v) is 2.93. The lowest BCUT2D eigenvalue weighted by Crippen LogP contribution is -2.54. The van der Waals surface area contributed by atoms with Gasteiger partial charge >= 0.3 is 5.97 Å². The standard InChI is InChI=1S/C7H12O6/c1-3-7(11,6(10)12-2)4(8)5(9)13-3/h3-5,8-9,11H,1-2H3. The fraction of sp³-hybridized carbons (Fsp3) is 0.857. The zero-order valence-electron chi connectivity index (χ0n) is 7.30. The van der Waals surface area contributed by atoms with E-state index in [9.17, 15) is 15.0 Å². The fourth-order valence-electron chi connectivity index (χ4n) is 1.30. The number of esters is 1. The Morgan fingerprint density at radius 2 is 2.08 bits per heavy atom. The second kappa shape index (κ2) is 3.22. The molecule has 1 rings (SSSR count). The van der Waals surface area contributed by atoms with Crippen LogP contribution in [0.1, 0.15) is 6.92 Å². The summed E-state index contributed by atoms with van der Waals surface area (Å²) >= 11 is 0. The van der Waals surface area contributed by atoms with Crippen LogP contribution in [0.25, 0.3) is 0 Å². The normalized spacial score (nSPS) is 44.8. The Balaban J connectivity index is 2.93. The van der Waals surface area contributed by atoms with E-state index >= 15 is 0 Å². The highest BCUT2D eigenvalue weighted by Gasteiger charge is 2.59. The minimum absolute atomic E-state index is 1.01. The first-order chi connectivity index (χ1) is 5.94. The maximum atomic E-state index is 11.1. The first-order valence-corrected chi connectivity index (χ1v) is 3.77. The van der Waals surface area contributed by atoms with E-state index in [1.807, 2.05) is 0 Å². The largest absolute Gasteiger partial charge is 0.467 e. The van der Waals surface area contributed by atoms with E-state index < -0.39 is 30.1 Å². The first kappa shape index (κ1) is 10.4. The second-order valence-electron chi connectivity index (χ2n) is 2.93. The molecule has 4 unspecified atom stereocenters. The molecule has 6 heteroatoms. The van der Waals surface area contributed by atoms with Crippen molar-refractivity contribution in [3.05, 3.63) is 0 Å². The maximum absolute atomic E-state index is 11.1. The molecule has 13 heavy (non-hydrogen) atoms. The predicted molar refractivity (Wildman–Crippen MR) is 39.5 cm³/mol. The van der Waals surface area contributed by atoms with Gasteiger partial charge in [0.1, 0.15) is 12.2 Å². The van der Waals surface area contributed by atoms with Crippen molar-refractivity contribution in [3.8, 4) is 0 Å². The average molecular weight is 192 g/mol. The van der Waals surface area contributed by atoms with Crippen LogP contribution in [0, 0.1) is 0 Å². The number of hydrogen-bond donors (Lipinski definition) is 3. The van der Waals surface area contributed by atoms with Gasteiger partial charge in [0, 0.05) is 0 Å². The minimum Gasteiger partial charge on any atom is -0.467 e. The molecule has 1 fully saturated rings. The zero-order chi connectivity index (χ0) is 10.2. The van der Waals surface area contributed by atoms with Crippen molar-refractivity contribution < 1.29 is 29.6 Å². The third-order valence-electron chi connectivity index (χ3n) is 2.20. The number of aliphatic hydroxyl groups excluding tert-OH is 2. The predicted octanol–water partition coefficient (Wildman–Crippen LogP) is -2.01. The van der Waals surface area contributed by atoms with Crippen LogP contribution in [0.5, 0.6) is 0 Å². The molecule has 4 atom stereocenters. The number of ether oxygens (including phenoxy) is 2. The highest BCUT2D eigenvalue weighted by molar-refractivity contribution is 5.81. The lowest BCUT2D eigenvalue weighted by atomic mass is 9.94. The summed E-state index contributed by atoms with van der Waals surface area (Å²) < 4.78 is 8.95. The van der Waals surface area contributed by atoms with Crippen molar-refractivity contribution >= 4 is 5.97 Å². The summed E-state index contributed by atoms with van der Waals surface area (Å²) in [5, 5.41) is 27.9. The van der Waals surface area contributed by atoms with E-state index in [1.54, 1.807) is 0 Å². The average Bonchev–Trinajstić information content (AvgIpc) is 2.30. The lowest BCUT2D eigenvalue weighted by Gasteiger charge is -2.25. The van der Waals surface area contributed by atoms with Crippen molar-refractivity contribution in [2.45, 2.75) is 31.0 Å². The topological polar surface area (TPSA) is 96.2 Å². The molecule has 1 heterocycles. The van der Waals surface area contributed by atoms with Crippen molar-refractivity contribution in [1.82, 2.24) is 0 Å². The summed E-state index contributed by atoms with van der Waals surface area (Å²) in [6, 6.07) is 0. The van der Waals surface area contributed by atoms with Gasteiger partial charge in [0.15, 0.2) is 6.29 Å². The molecule has 0 amide bonds. The van der Waals surface area contributed by atoms with Crippen molar-refractivity contribution in [2.75, 3.05) is 7.11 Å². The zero-order valence-corrected chi connectivity index (χ0v) is 7.30. The summed E-state index contributed by atoms with van der Waals surface area (Å²) in [7, 11) is 1.07. The molecule has 0 bridgehead atoms. The van der Waals surface area contributed by atoms with Crippen LogP contribution in [0.15, 0.2) is 0 Å². The molecule has 1 saturated heterocycles. The Kier molecular flexibility index (Phi) is 2.58. The third kappa shape index (κ3) is 1.31. The Morgan fingerprint density at radius 1 is 1.54 bits per heavy atom. The molecule has 6 nitrogen and oxygen atoms in total. The maximum Gasteiger partial charge on any atom is 0.343 e. The molecular weight excluding hydrogens is 180 g/mol. The fourth-order valence-corrected chi connectivity index (χ4v) is 1.30. The number of carbonyl (C=O) groups is 1. The molecule has 0 aromatic rings. The van der Waals surface area contributed by atoms with Crippen LogP contribution in [0.3, 0.4) is 0 Å². The van der Waals surface area contributed by atoms with Crippen LogP contribution in [0.2, 0.25) is 0 Å². The van der Waals surface area contributed by atoms with Crippen LogP contribution in [-0.2, 0) is 14.3 Å². The SMILES string of the molecule is COC(=O)C1(O)C(C)OC(O)C1O. The summed E-state index contributed by atoms with van der Waals surface area (Å²) in [5.41, 5.74) is -2.19. The number of methoxy groups -OCH3 is 1. The van der Waals surface area contributed by atoms with Crippen LogP contribution in [-0.4, -0.2) is 52.5 Å². The molecule has 0 aliphatic carbocycles. The molecule has 1 aliphatic heterocycles. The summed E-state index contributed by atoms with van der Waals surface area (Å²) in [4.78, 5) is 11.1. The van der Waals surface area contributed by atoms with Gasteiger partial charge in [-0.2, -0.15) is 0 Å². The molecule has 0 aromatic carbocycles. The van der Waals surface area contributed by atoms with Gasteiger partial charge in [-0.1, -0.05) is 0 Å². The molecule has 0 saturated carbocycles. The van der Waals surface area contributed by atoms with Gasteiger partial charge < -0.3 is 24.8 Å². The Bertz CT molecular complexity index is 217. The number of hydrogen-bond acceptors (Lipinski definition) is 6. The highest BCUT2D eigenvalue weighted by atomic mass is 16.7. The van der Waals surface area contributed by atoms with Gasteiger partial charge in [0.2, 0.25) is 5.60 Å². The van der Waals surface area contributed by atoms with Crippen molar-refractivity contribution in [3.63, 3.8) is 0 Å². The molecule has 0 spiro atoms. The Morgan fingerprint density at radius 3 is 2.38 bits per heavy atom. The Hall–Kier alpha value is -0.690. The molecule has 0 aromatic heterocycles. The van der Waals surface area contributed by atoms with Gasteiger partial charge in [-0.3, -0.25) is 0 Å². The number of carbonyl (C=O) groups excluding carboxylic acids is 1. The van der Waals surface area contributed by atoms with E-state index in [0.717, 1.165) is 7.11 Å². The first-order valence-electron chi connectivity index (χ1n) is 3.77. The Labute approximate surface area is 74.7 Å². The highest BCUT2D eigenvalue weighted by Crippen LogP contribution is 2.30. The summed E-state index contributed by atoms with van der Waals surface area (Å²) in [6.45, 7) is 1.36. The van der Waals surface area contributed by atoms with E-state index in [-0.39, 0.29) is 0 Å². The molecular formula is C7H12O6. The number of aliphatic hydroxyl groups is 3. The van der Waals surface area contributed by atoms with Gasteiger partial charge in [0.05, 0.1) is 7.11 Å². The smallest absolute Gasteiger partial charge is 0.343 e. The van der Waals surface area contributed by atoms with Gasteiger partial charge in [0.25, 0.3) is 0 Å². The minimum atomic E-state index is -2.19. The monoisotopic (exact) mass is 192 g/mol. The third-order valence-corrected chi connectivity index (χ3v) is 2.20. The molecule has 1 aliphatic rings. The van der Waals surface area contributed by atoms with Gasteiger partial charge in [-0.25, -0.2) is 4.79 Å². The van der Waals surface area contributed by atoms with Crippen LogP contribution in [0.4, 0.5) is 0 Å². The van der Waals surface area contributed by atoms with E-state index in [2.05, 4.69) is 9.47 Å². The van der Waals surface area contributed by atoms with E-state index in [0.29, 0.717) is 0 Å². The van der Waals surface area contributed by atoms with E-state index in [1.165, 1.54) is 6.92 Å². The van der Waals surface area contributed by atoms with Crippen LogP contribution >= 0.6 is 0 Å². The van der Waals surface area contributed by atoms with Crippen molar-refractivity contribution in [1.29, 1.82) is 0 Å². The van der Waals surface area contributed by atoms with Crippen LogP contribution < -0.4 is 0 Å². The summed E-state index contributed by atoms with van der Waals surface area (Å²) in [6.07, 6.45) is -4.26. The lowest BCUT2D eigenvalue weighted by molar-refractivity contribution is -0.176. The summed E-state index contributed by atoms with van der Waals surface area (Å²) in [5.74, 6) is -1.02.